The molecule has 0 bridgehead atoms. The molecule has 0 aliphatic rings. The number of aromatic nitrogens is 1. The highest BCUT2D eigenvalue weighted by Crippen LogP contribution is 2.21. The Morgan fingerprint density at radius 1 is 1.05 bits per heavy atom. The molecule has 0 radical (unpaired) electrons. The molecule has 0 amide bonds. The van der Waals surface area contributed by atoms with Crippen LogP contribution in [0.1, 0.15) is 76.8 Å². The van der Waals surface area contributed by atoms with E-state index < -0.39 is 0 Å². The minimum absolute atomic E-state index is 0.487. The Balaban J connectivity index is 2.22. The molecule has 1 N–H and O–H groups in total. The van der Waals surface area contributed by atoms with Gasteiger partial charge >= 0.3 is 0 Å². The van der Waals surface area contributed by atoms with Crippen molar-refractivity contribution in [3.63, 3.8) is 0 Å². The average Bonchev–Trinajstić information content (AvgIpc) is 2.50. The summed E-state index contributed by atoms with van der Waals surface area (Å²) in [6.45, 7) is 4.56. The lowest BCUT2D eigenvalue weighted by atomic mass is 9.93. The molecule has 0 aromatic carbocycles. The van der Waals surface area contributed by atoms with Gasteiger partial charge < -0.3 is 5.32 Å². The summed E-state index contributed by atoms with van der Waals surface area (Å²) in [6.07, 6.45) is 12.8. The minimum Gasteiger partial charge on any atom is -0.316 e. The van der Waals surface area contributed by atoms with Crippen LogP contribution >= 0.6 is 0 Å². The number of rotatable bonds is 11. The van der Waals surface area contributed by atoms with Gasteiger partial charge in [-0.3, -0.25) is 4.98 Å². The maximum absolute atomic E-state index is 4.49. The van der Waals surface area contributed by atoms with Crippen molar-refractivity contribution < 1.29 is 0 Å². The SMILES string of the molecule is CCCCCCCCCC(NC)C(C)c1ccccn1. The quantitative estimate of drug-likeness (QED) is 0.581. The molecule has 0 saturated carbocycles. The van der Waals surface area contributed by atoms with Crippen LogP contribution in [0.4, 0.5) is 0 Å². The van der Waals surface area contributed by atoms with Crippen molar-refractivity contribution >= 4 is 0 Å². The van der Waals surface area contributed by atoms with E-state index in [1.807, 2.05) is 12.3 Å². The number of nitrogens with one attached hydrogen (secondary N) is 1. The normalized spacial score (nSPS) is 14.2. The molecule has 2 heteroatoms. The van der Waals surface area contributed by atoms with E-state index in [-0.39, 0.29) is 0 Å². The standard InChI is InChI=1S/C18H32N2/c1-4-5-6-7-8-9-10-13-17(19-3)16(2)18-14-11-12-15-20-18/h11-12,14-17,19H,4-10,13H2,1-3H3. The van der Waals surface area contributed by atoms with Gasteiger partial charge in [0.2, 0.25) is 0 Å². The van der Waals surface area contributed by atoms with Crippen molar-refractivity contribution in [3.05, 3.63) is 30.1 Å². The Morgan fingerprint density at radius 2 is 1.75 bits per heavy atom. The van der Waals surface area contributed by atoms with Crippen LogP contribution in [-0.2, 0) is 0 Å². The smallest absolute Gasteiger partial charge is 0.0447 e. The van der Waals surface area contributed by atoms with Gasteiger partial charge in [0, 0.05) is 23.9 Å². The van der Waals surface area contributed by atoms with Crippen molar-refractivity contribution in [1.82, 2.24) is 10.3 Å². The third-order valence-electron chi connectivity index (χ3n) is 4.25. The highest BCUT2D eigenvalue weighted by atomic mass is 14.9. The Morgan fingerprint density at radius 3 is 2.35 bits per heavy atom. The van der Waals surface area contributed by atoms with Crippen molar-refractivity contribution in [3.8, 4) is 0 Å². The monoisotopic (exact) mass is 276 g/mol. The second-order valence-electron chi connectivity index (χ2n) is 5.85. The maximum Gasteiger partial charge on any atom is 0.0447 e. The van der Waals surface area contributed by atoms with Crippen LogP contribution in [0.2, 0.25) is 0 Å². The second kappa shape index (κ2) is 10.8. The number of hydrogen-bond donors (Lipinski definition) is 1. The van der Waals surface area contributed by atoms with E-state index in [1.54, 1.807) is 0 Å². The van der Waals surface area contributed by atoms with E-state index in [4.69, 9.17) is 0 Å². The number of hydrogen-bond acceptors (Lipinski definition) is 2. The van der Waals surface area contributed by atoms with Crippen LogP contribution in [0.3, 0.4) is 0 Å². The van der Waals surface area contributed by atoms with Gasteiger partial charge in [0.15, 0.2) is 0 Å². The van der Waals surface area contributed by atoms with E-state index in [0.29, 0.717) is 12.0 Å². The first-order valence-corrected chi connectivity index (χ1v) is 8.37. The Kier molecular flexibility index (Phi) is 9.31. The first-order valence-electron chi connectivity index (χ1n) is 8.37. The zero-order chi connectivity index (χ0) is 14.6. The fourth-order valence-electron chi connectivity index (χ4n) is 2.82. The molecule has 2 nitrogen and oxygen atoms in total. The summed E-state index contributed by atoms with van der Waals surface area (Å²) < 4.78 is 0. The van der Waals surface area contributed by atoms with Crippen LogP contribution in [-0.4, -0.2) is 18.1 Å². The third kappa shape index (κ3) is 6.51. The second-order valence-corrected chi connectivity index (χ2v) is 5.85. The summed E-state index contributed by atoms with van der Waals surface area (Å²) in [5.41, 5.74) is 1.20. The predicted molar refractivity (Wildman–Crippen MR) is 88.1 cm³/mol. The van der Waals surface area contributed by atoms with Gasteiger partial charge in [-0.25, -0.2) is 0 Å². The molecular weight excluding hydrogens is 244 g/mol. The van der Waals surface area contributed by atoms with Gasteiger partial charge in [-0.15, -0.1) is 0 Å². The van der Waals surface area contributed by atoms with Crippen molar-refractivity contribution in [1.29, 1.82) is 0 Å². The molecule has 1 aromatic rings. The van der Waals surface area contributed by atoms with Crippen LogP contribution in [0.15, 0.2) is 24.4 Å². The summed E-state index contributed by atoms with van der Waals surface area (Å²) in [4.78, 5) is 4.49. The molecule has 0 fully saturated rings. The summed E-state index contributed by atoms with van der Waals surface area (Å²) in [5.74, 6) is 0.487. The van der Waals surface area contributed by atoms with Gasteiger partial charge in [-0.05, 0) is 25.6 Å². The highest BCUT2D eigenvalue weighted by molar-refractivity contribution is 5.10. The highest BCUT2D eigenvalue weighted by Gasteiger charge is 2.17. The van der Waals surface area contributed by atoms with E-state index in [0.717, 1.165) is 0 Å². The zero-order valence-electron chi connectivity index (χ0n) is 13.6. The van der Waals surface area contributed by atoms with Crippen LogP contribution in [0, 0.1) is 0 Å². The fraction of sp³-hybridized carbons (Fsp3) is 0.722. The van der Waals surface area contributed by atoms with Gasteiger partial charge in [0.1, 0.15) is 0 Å². The van der Waals surface area contributed by atoms with E-state index >= 15 is 0 Å². The Labute approximate surface area is 125 Å². The number of unbranched alkanes of at least 4 members (excludes halogenated alkanes) is 6. The molecule has 0 aliphatic heterocycles. The molecular formula is C18H32N2. The molecule has 0 aliphatic carbocycles. The predicted octanol–water partition coefficient (Wildman–Crippen LogP) is 4.91. The molecule has 2 unspecified atom stereocenters. The molecule has 0 saturated heterocycles. The van der Waals surface area contributed by atoms with Gasteiger partial charge in [-0.2, -0.15) is 0 Å². The van der Waals surface area contributed by atoms with E-state index in [2.05, 4.69) is 43.3 Å². The maximum atomic E-state index is 4.49. The topological polar surface area (TPSA) is 24.9 Å². The molecule has 1 aromatic heterocycles. The van der Waals surface area contributed by atoms with Gasteiger partial charge in [-0.1, -0.05) is 64.9 Å². The molecule has 20 heavy (non-hydrogen) atoms. The first-order chi connectivity index (χ1) is 9.79. The lowest BCUT2D eigenvalue weighted by Crippen LogP contribution is -2.31. The molecule has 1 rings (SSSR count). The van der Waals surface area contributed by atoms with Crippen LogP contribution < -0.4 is 5.32 Å². The van der Waals surface area contributed by atoms with Crippen molar-refractivity contribution in [2.45, 2.75) is 77.2 Å². The summed E-state index contributed by atoms with van der Waals surface area (Å²) >= 11 is 0. The number of nitrogens with zero attached hydrogens (tertiary/aromatic N) is 1. The third-order valence-corrected chi connectivity index (χ3v) is 4.25. The van der Waals surface area contributed by atoms with Crippen LogP contribution in [0.5, 0.6) is 0 Å². The number of likely N-dealkylation sites (N-methyl/N-ethyl adjacent to an activating group) is 1. The lowest BCUT2D eigenvalue weighted by molar-refractivity contribution is 0.426. The fourth-order valence-corrected chi connectivity index (χ4v) is 2.82. The number of pyridine rings is 1. The largest absolute Gasteiger partial charge is 0.316 e. The molecule has 2 atom stereocenters. The Bertz CT molecular complexity index is 323. The van der Waals surface area contributed by atoms with Gasteiger partial charge in [0.05, 0.1) is 0 Å². The van der Waals surface area contributed by atoms with E-state index in [1.165, 1.54) is 57.1 Å². The van der Waals surface area contributed by atoms with Crippen LogP contribution in [0.25, 0.3) is 0 Å². The van der Waals surface area contributed by atoms with Crippen molar-refractivity contribution in [2.24, 2.45) is 0 Å². The summed E-state index contributed by atoms with van der Waals surface area (Å²) in [7, 11) is 2.07. The first kappa shape index (κ1) is 17.2. The molecule has 0 spiro atoms. The van der Waals surface area contributed by atoms with Gasteiger partial charge in [0.25, 0.3) is 0 Å². The molecule has 1 heterocycles. The lowest BCUT2D eigenvalue weighted by Gasteiger charge is -2.23. The van der Waals surface area contributed by atoms with Crippen molar-refractivity contribution in [2.75, 3.05) is 7.05 Å². The summed E-state index contributed by atoms with van der Waals surface area (Å²) in [5, 5.41) is 3.47. The minimum atomic E-state index is 0.487. The van der Waals surface area contributed by atoms with E-state index in [9.17, 15) is 0 Å². The zero-order valence-corrected chi connectivity index (χ0v) is 13.6. The Hall–Kier alpha value is -0.890. The molecule has 114 valence electrons. The summed E-state index contributed by atoms with van der Waals surface area (Å²) in [6, 6.07) is 6.75. The average molecular weight is 276 g/mol.